The Kier molecular flexibility index (Phi) is 4.70. The summed E-state index contributed by atoms with van der Waals surface area (Å²) in [5, 5.41) is 9.10. The molecular formula is C10H20O3. The SMILES string of the molecule is CC(O)CC(C)OCC1CCCO1. The Hall–Kier alpha value is -0.120. The van der Waals surface area contributed by atoms with E-state index >= 15 is 0 Å². The Morgan fingerprint density at radius 1 is 1.54 bits per heavy atom. The maximum absolute atomic E-state index is 9.10. The van der Waals surface area contributed by atoms with Gasteiger partial charge >= 0.3 is 0 Å². The van der Waals surface area contributed by atoms with Crippen molar-refractivity contribution in [3.63, 3.8) is 0 Å². The van der Waals surface area contributed by atoms with Gasteiger partial charge in [-0.05, 0) is 33.1 Å². The van der Waals surface area contributed by atoms with Crippen LogP contribution in [0, 0.1) is 0 Å². The lowest BCUT2D eigenvalue weighted by atomic mass is 10.2. The van der Waals surface area contributed by atoms with Crippen LogP contribution in [0.2, 0.25) is 0 Å². The second-order valence-electron chi connectivity index (χ2n) is 3.86. The third kappa shape index (κ3) is 4.60. The van der Waals surface area contributed by atoms with E-state index in [0.29, 0.717) is 13.0 Å². The summed E-state index contributed by atoms with van der Waals surface area (Å²) in [6, 6.07) is 0. The number of aliphatic hydroxyl groups is 1. The van der Waals surface area contributed by atoms with E-state index < -0.39 is 0 Å². The van der Waals surface area contributed by atoms with Crippen LogP contribution in [0.3, 0.4) is 0 Å². The summed E-state index contributed by atoms with van der Waals surface area (Å²) in [7, 11) is 0. The molecule has 3 nitrogen and oxygen atoms in total. The summed E-state index contributed by atoms with van der Waals surface area (Å²) in [6.45, 7) is 5.32. The number of hydrogen-bond acceptors (Lipinski definition) is 3. The lowest BCUT2D eigenvalue weighted by Gasteiger charge is -2.17. The first kappa shape index (κ1) is 11.0. The van der Waals surface area contributed by atoms with Crippen LogP contribution in [-0.2, 0) is 9.47 Å². The maximum atomic E-state index is 9.10. The van der Waals surface area contributed by atoms with Gasteiger partial charge in [-0.3, -0.25) is 0 Å². The number of hydrogen-bond donors (Lipinski definition) is 1. The Bertz CT molecular complexity index is 130. The molecule has 1 fully saturated rings. The summed E-state index contributed by atoms with van der Waals surface area (Å²) >= 11 is 0. The molecule has 0 spiro atoms. The standard InChI is InChI=1S/C10H20O3/c1-8(11)6-9(2)13-7-10-4-3-5-12-10/h8-11H,3-7H2,1-2H3. The Labute approximate surface area is 80.0 Å². The molecule has 0 amide bonds. The molecule has 1 saturated heterocycles. The predicted octanol–water partition coefficient (Wildman–Crippen LogP) is 1.34. The second kappa shape index (κ2) is 5.58. The van der Waals surface area contributed by atoms with Gasteiger partial charge in [-0.15, -0.1) is 0 Å². The Morgan fingerprint density at radius 2 is 2.31 bits per heavy atom. The number of ether oxygens (including phenoxy) is 2. The lowest BCUT2D eigenvalue weighted by molar-refractivity contribution is -0.0281. The van der Waals surface area contributed by atoms with E-state index in [4.69, 9.17) is 14.6 Å². The van der Waals surface area contributed by atoms with Gasteiger partial charge in [0.1, 0.15) is 0 Å². The van der Waals surface area contributed by atoms with Crippen LogP contribution < -0.4 is 0 Å². The van der Waals surface area contributed by atoms with E-state index in [9.17, 15) is 0 Å². The molecule has 0 aromatic rings. The first-order valence-corrected chi connectivity index (χ1v) is 5.09. The predicted molar refractivity (Wildman–Crippen MR) is 50.7 cm³/mol. The van der Waals surface area contributed by atoms with Crippen molar-refractivity contribution >= 4 is 0 Å². The molecule has 3 unspecified atom stereocenters. The molecule has 0 aromatic carbocycles. The minimum atomic E-state index is -0.278. The number of aliphatic hydroxyl groups excluding tert-OH is 1. The third-order valence-electron chi connectivity index (χ3n) is 2.26. The molecule has 1 heterocycles. The van der Waals surface area contributed by atoms with Crippen LogP contribution in [0.1, 0.15) is 33.1 Å². The molecule has 1 aliphatic rings. The second-order valence-corrected chi connectivity index (χ2v) is 3.86. The van der Waals surface area contributed by atoms with Gasteiger partial charge in [-0.1, -0.05) is 0 Å². The van der Waals surface area contributed by atoms with Crippen LogP contribution in [0.15, 0.2) is 0 Å². The minimum absolute atomic E-state index is 0.129. The van der Waals surface area contributed by atoms with E-state index in [2.05, 4.69) is 0 Å². The average molecular weight is 188 g/mol. The van der Waals surface area contributed by atoms with Gasteiger partial charge in [0, 0.05) is 6.61 Å². The van der Waals surface area contributed by atoms with Crippen LogP contribution in [-0.4, -0.2) is 36.6 Å². The Morgan fingerprint density at radius 3 is 2.85 bits per heavy atom. The van der Waals surface area contributed by atoms with Crippen molar-refractivity contribution in [2.45, 2.75) is 51.4 Å². The molecule has 0 saturated carbocycles. The fourth-order valence-electron chi connectivity index (χ4n) is 1.60. The van der Waals surface area contributed by atoms with Gasteiger partial charge < -0.3 is 14.6 Å². The zero-order chi connectivity index (χ0) is 9.68. The molecule has 1 rings (SSSR count). The van der Waals surface area contributed by atoms with E-state index in [1.165, 1.54) is 0 Å². The topological polar surface area (TPSA) is 38.7 Å². The largest absolute Gasteiger partial charge is 0.393 e. The smallest absolute Gasteiger partial charge is 0.0809 e. The molecule has 78 valence electrons. The summed E-state index contributed by atoms with van der Waals surface area (Å²) < 4.78 is 11.0. The van der Waals surface area contributed by atoms with Crippen molar-refractivity contribution in [2.75, 3.05) is 13.2 Å². The molecule has 0 aromatic heterocycles. The van der Waals surface area contributed by atoms with Crippen molar-refractivity contribution < 1.29 is 14.6 Å². The normalized spacial score (nSPS) is 27.5. The highest BCUT2D eigenvalue weighted by molar-refractivity contribution is 4.65. The zero-order valence-electron chi connectivity index (χ0n) is 8.53. The molecule has 1 N–H and O–H groups in total. The number of rotatable bonds is 5. The zero-order valence-corrected chi connectivity index (χ0v) is 8.53. The van der Waals surface area contributed by atoms with Crippen molar-refractivity contribution in [1.29, 1.82) is 0 Å². The van der Waals surface area contributed by atoms with Crippen LogP contribution >= 0.6 is 0 Å². The Balaban J connectivity index is 2.03. The van der Waals surface area contributed by atoms with Gasteiger partial charge in [-0.2, -0.15) is 0 Å². The van der Waals surface area contributed by atoms with Crippen molar-refractivity contribution in [3.05, 3.63) is 0 Å². The molecule has 3 atom stereocenters. The highest BCUT2D eigenvalue weighted by atomic mass is 16.5. The van der Waals surface area contributed by atoms with E-state index in [-0.39, 0.29) is 18.3 Å². The van der Waals surface area contributed by atoms with E-state index in [0.717, 1.165) is 19.4 Å². The van der Waals surface area contributed by atoms with Crippen LogP contribution in [0.4, 0.5) is 0 Å². The van der Waals surface area contributed by atoms with Crippen molar-refractivity contribution in [3.8, 4) is 0 Å². The summed E-state index contributed by atoms with van der Waals surface area (Å²) in [5.41, 5.74) is 0. The van der Waals surface area contributed by atoms with Gasteiger partial charge in [0.15, 0.2) is 0 Å². The van der Waals surface area contributed by atoms with Crippen molar-refractivity contribution in [2.24, 2.45) is 0 Å². The average Bonchev–Trinajstić information content (AvgIpc) is 2.51. The van der Waals surface area contributed by atoms with Crippen molar-refractivity contribution in [1.82, 2.24) is 0 Å². The first-order chi connectivity index (χ1) is 6.18. The van der Waals surface area contributed by atoms with Gasteiger partial charge in [0.2, 0.25) is 0 Å². The molecule has 1 aliphatic heterocycles. The highest BCUT2D eigenvalue weighted by Crippen LogP contribution is 2.13. The monoisotopic (exact) mass is 188 g/mol. The van der Waals surface area contributed by atoms with Gasteiger partial charge in [-0.25, -0.2) is 0 Å². The summed E-state index contributed by atoms with van der Waals surface area (Å²) in [5.74, 6) is 0. The minimum Gasteiger partial charge on any atom is -0.393 e. The summed E-state index contributed by atoms with van der Waals surface area (Å²) in [6.07, 6.45) is 3.10. The van der Waals surface area contributed by atoms with Crippen LogP contribution in [0.25, 0.3) is 0 Å². The molecule has 3 heteroatoms. The first-order valence-electron chi connectivity index (χ1n) is 5.09. The summed E-state index contributed by atoms with van der Waals surface area (Å²) in [4.78, 5) is 0. The van der Waals surface area contributed by atoms with E-state index in [1.807, 2.05) is 6.92 Å². The van der Waals surface area contributed by atoms with E-state index in [1.54, 1.807) is 6.92 Å². The fraction of sp³-hybridized carbons (Fsp3) is 1.00. The molecule has 0 aliphatic carbocycles. The molecule has 13 heavy (non-hydrogen) atoms. The third-order valence-corrected chi connectivity index (χ3v) is 2.26. The van der Waals surface area contributed by atoms with Crippen LogP contribution in [0.5, 0.6) is 0 Å². The molecular weight excluding hydrogens is 168 g/mol. The molecule has 0 radical (unpaired) electrons. The lowest BCUT2D eigenvalue weighted by Crippen LogP contribution is -2.22. The highest BCUT2D eigenvalue weighted by Gasteiger charge is 2.17. The maximum Gasteiger partial charge on any atom is 0.0809 e. The quantitative estimate of drug-likeness (QED) is 0.707. The molecule has 0 bridgehead atoms. The fourth-order valence-corrected chi connectivity index (χ4v) is 1.60. The van der Waals surface area contributed by atoms with Gasteiger partial charge in [0.05, 0.1) is 24.9 Å². The van der Waals surface area contributed by atoms with Gasteiger partial charge in [0.25, 0.3) is 0 Å².